The highest BCUT2D eigenvalue weighted by atomic mass is 16.4. The van der Waals surface area contributed by atoms with Gasteiger partial charge in [0.25, 0.3) is 5.91 Å². The summed E-state index contributed by atoms with van der Waals surface area (Å²) in [4.78, 5) is 35.1. The molecule has 0 saturated carbocycles. The second-order valence-corrected chi connectivity index (χ2v) is 5.82. The lowest BCUT2D eigenvalue weighted by Crippen LogP contribution is -2.42. The number of amides is 1. The van der Waals surface area contributed by atoms with Crippen molar-refractivity contribution < 1.29 is 19.5 Å². The van der Waals surface area contributed by atoms with Crippen LogP contribution in [0.15, 0.2) is 54.6 Å². The molecule has 0 heterocycles. The van der Waals surface area contributed by atoms with E-state index in [0.29, 0.717) is 18.4 Å². The first-order valence-corrected chi connectivity index (χ1v) is 8.17. The number of nitrogens with one attached hydrogen (secondary N) is 1. The van der Waals surface area contributed by atoms with Gasteiger partial charge in [-0.15, -0.1) is 0 Å². The summed E-state index contributed by atoms with van der Waals surface area (Å²) in [6.07, 6.45) is 1.05. The molecule has 0 fully saturated rings. The van der Waals surface area contributed by atoms with Gasteiger partial charge in [-0.05, 0) is 23.3 Å². The summed E-state index contributed by atoms with van der Waals surface area (Å²) in [5.74, 6) is -1.35. The summed E-state index contributed by atoms with van der Waals surface area (Å²) >= 11 is 0. The van der Waals surface area contributed by atoms with Crippen molar-refractivity contribution in [3.05, 3.63) is 71.3 Å². The fraction of sp³-hybridized carbons (Fsp3) is 0.250. The van der Waals surface area contributed by atoms with E-state index in [1.54, 1.807) is 42.5 Å². The van der Waals surface area contributed by atoms with Gasteiger partial charge < -0.3 is 10.4 Å². The molecule has 1 amide bonds. The van der Waals surface area contributed by atoms with Gasteiger partial charge in [-0.3, -0.25) is 9.59 Å². The molecule has 1 atom stereocenters. The molecule has 2 aromatic rings. The molecular weight excluding hydrogens is 318 g/mol. The van der Waals surface area contributed by atoms with Crippen molar-refractivity contribution in [2.24, 2.45) is 0 Å². The molecule has 2 rings (SSSR count). The van der Waals surface area contributed by atoms with E-state index < -0.39 is 17.9 Å². The molecule has 2 N–H and O–H groups in total. The van der Waals surface area contributed by atoms with Gasteiger partial charge in [0.1, 0.15) is 11.8 Å². The molecule has 0 saturated heterocycles. The van der Waals surface area contributed by atoms with Gasteiger partial charge in [0, 0.05) is 24.8 Å². The Kier molecular flexibility index (Phi) is 6.46. The van der Waals surface area contributed by atoms with Crippen LogP contribution in [0, 0.1) is 0 Å². The second-order valence-electron chi connectivity index (χ2n) is 5.82. The van der Waals surface area contributed by atoms with Crippen LogP contribution in [-0.2, 0) is 22.4 Å². The van der Waals surface area contributed by atoms with Gasteiger partial charge in [0.05, 0.1) is 0 Å². The Morgan fingerprint density at radius 2 is 1.56 bits per heavy atom. The zero-order valence-corrected chi connectivity index (χ0v) is 14.1. The maximum absolute atomic E-state index is 12.1. The Labute approximate surface area is 146 Å². The van der Waals surface area contributed by atoms with Gasteiger partial charge in [0.15, 0.2) is 0 Å². The predicted octanol–water partition coefficient (Wildman–Crippen LogP) is 2.63. The van der Waals surface area contributed by atoms with Crippen LogP contribution < -0.4 is 5.32 Å². The summed E-state index contributed by atoms with van der Waals surface area (Å²) in [7, 11) is 0. The molecule has 130 valence electrons. The van der Waals surface area contributed by atoms with E-state index in [2.05, 4.69) is 5.32 Å². The quantitative estimate of drug-likeness (QED) is 0.774. The van der Waals surface area contributed by atoms with E-state index >= 15 is 0 Å². The summed E-state index contributed by atoms with van der Waals surface area (Å²) in [5.41, 5.74) is 2.10. The Morgan fingerprint density at radius 1 is 0.960 bits per heavy atom. The van der Waals surface area contributed by atoms with E-state index in [1.165, 1.54) is 0 Å². The smallest absolute Gasteiger partial charge is 0.326 e. The number of benzene rings is 2. The van der Waals surface area contributed by atoms with Crippen LogP contribution >= 0.6 is 0 Å². The third-order valence-corrected chi connectivity index (χ3v) is 3.90. The highest BCUT2D eigenvalue weighted by Gasteiger charge is 2.21. The Bertz CT molecular complexity index is 738. The predicted molar refractivity (Wildman–Crippen MR) is 94.5 cm³/mol. The van der Waals surface area contributed by atoms with Crippen LogP contribution in [-0.4, -0.2) is 28.8 Å². The fourth-order valence-electron chi connectivity index (χ4n) is 2.41. The van der Waals surface area contributed by atoms with Crippen LogP contribution in [0.4, 0.5) is 0 Å². The van der Waals surface area contributed by atoms with Crippen molar-refractivity contribution in [1.29, 1.82) is 0 Å². The molecule has 0 aliphatic carbocycles. The summed E-state index contributed by atoms with van der Waals surface area (Å²) in [6, 6.07) is 14.7. The molecular formula is C20H21NO4. The van der Waals surface area contributed by atoms with E-state index in [9.17, 15) is 19.5 Å². The number of ketones is 1. The van der Waals surface area contributed by atoms with Crippen molar-refractivity contribution in [2.75, 3.05) is 0 Å². The molecule has 5 heteroatoms. The first-order valence-electron chi connectivity index (χ1n) is 8.17. The zero-order chi connectivity index (χ0) is 18.2. The fourth-order valence-corrected chi connectivity index (χ4v) is 2.41. The lowest BCUT2D eigenvalue weighted by atomic mass is 10.0. The molecule has 0 bridgehead atoms. The maximum Gasteiger partial charge on any atom is 0.326 e. The van der Waals surface area contributed by atoms with Gasteiger partial charge in [-0.25, -0.2) is 4.79 Å². The van der Waals surface area contributed by atoms with Gasteiger partial charge in [-0.1, -0.05) is 49.4 Å². The average Bonchev–Trinajstić information content (AvgIpc) is 2.63. The second kappa shape index (κ2) is 8.78. The van der Waals surface area contributed by atoms with Crippen LogP contribution in [0.1, 0.15) is 34.8 Å². The topological polar surface area (TPSA) is 83.5 Å². The number of hydrogen-bond acceptors (Lipinski definition) is 3. The summed E-state index contributed by atoms with van der Waals surface area (Å²) in [6.45, 7) is 1.82. The highest BCUT2D eigenvalue weighted by Crippen LogP contribution is 2.10. The van der Waals surface area contributed by atoms with E-state index in [0.717, 1.165) is 11.1 Å². The molecule has 0 radical (unpaired) electrons. The number of carbonyl (C=O) groups is 3. The first kappa shape index (κ1) is 18.4. The monoisotopic (exact) mass is 339 g/mol. The molecule has 0 aromatic heterocycles. The van der Waals surface area contributed by atoms with Crippen LogP contribution in [0.3, 0.4) is 0 Å². The number of Topliss-reactive ketones (excluding diaryl/α,β-unsaturated/α-hetero) is 1. The van der Waals surface area contributed by atoms with Gasteiger partial charge >= 0.3 is 5.97 Å². The minimum atomic E-state index is -1.09. The third kappa shape index (κ3) is 5.57. The van der Waals surface area contributed by atoms with Crippen molar-refractivity contribution >= 4 is 17.7 Å². The minimum Gasteiger partial charge on any atom is -0.480 e. The highest BCUT2D eigenvalue weighted by molar-refractivity contribution is 5.96. The normalized spacial score (nSPS) is 11.6. The minimum absolute atomic E-state index is 0.159. The number of hydrogen-bond donors (Lipinski definition) is 2. The Hall–Kier alpha value is -2.95. The first-order chi connectivity index (χ1) is 12.0. The van der Waals surface area contributed by atoms with Crippen molar-refractivity contribution in [2.45, 2.75) is 32.2 Å². The van der Waals surface area contributed by atoms with Crippen LogP contribution in [0.2, 0.25) is 0 Å². The van der Waals surface area contributed by atoms with Crippen molar-refractivity contribution in [1.82, 2.24) is 5.32 Å². The average molecular weight is 339 g/mol. The van der Waals surface area contributed by atoms with Gasteiger partial charge in [-0.2, -0.15) is 0 Å². The number of carboxylic acid groups (broad SMARTS) is 1. The molecule has 5 nitrogen and oxygen atoms in total. The summed E-state index contributed by atoms with van der Waals surface area (Å²) in [5, 5.41) is 11.9. The maximum atomic E-state index is 12.1. The zero-order valence-electron chi connectivity index (χ0n) is 14.1. The number of aliphatic carboxylic acids is 1. The molecule has 25 heavy (non-hydrogen) atoms. The number of carboxylic acids is 1. The largest absolute Gasteiger partial charge is 0.480 e. The van der Waals surface area contributed by atoms with Crippen LogP contribution in [0.5, 0.6) is 0 Å². The molecule has 0 aliphatic heterocycles. The lowest BCUT2D eigenvalue weighted by Gasteiger charge is -2.15. The van der Waals surface area contributed by atoms with Crippen LogP contribution in [0.25, 0.3) is 0 Å². The van der Waals surface area contributed by atoms with E-state index in [1.807, 2.05) is 19.1 Å². The molecule has 2 aromatic carbocycles. The van der Waals surface area contributed by atoms with E-state index in [4.69, 9.17) is 0 Å². The van der Waals surface area contributed by atoms with Crippen molar-refractivity contribution in [3.63, 3.8) is 0 Å². The Morgan fingerprint density at radius 3 is 2.12 bits per heavy atom. The molecule has 0 aliphatic rings. The number of rotatable bonds is 8. The van der Waals surface area contributed by atoms with Crippen molar-refractivity contribution in [3.8, 4) is 0 Å². The van der Waals surface area contributed by atoms with Gasteiger partial charge in [0.2, 0.25) is 0 Å². The molecule has 0 spiro atoms. The lowest BCUT2D eigenvalue weighted by molar-refractivity contribution is -0.139. The SMILES string of the molecule is CCC(=O)Cc1ccc(C[C@@H](NC(=O)c2ccccc2)C(=O)O)cc1. The summed E-state index contributed by atoms with van der Waals surface area (Å²) < 4.78 is 0. The van der Waals surface area contributed by atoms with E-state index in [-0.39, 0.29) is 12.2 Å². The molecule has 0 unspecified atom stereocenters. The standard InChI is InChI=1S/C20H21NO4/c1-2-17(22)12-14-8-10-15(11-9-14)13-18(20(24)25)21-19(23)16-6-4-3-5-7-16/h3-11,18H,2,12-13H2,1H3,(H,21,23)(H,24,25)/t18-/m1/s1. The Balaban J connectivity index is 2.02. The third-order valence-electron chi connectivity index (χ3n) is 3.90. The number of carbonyl (C=O) groups excluding carboxylic acids is 2.